The largest absolute Gasteiger partial charge is 0.356 e. The van der Waals surface area contributed by atoms with Crippen LogP contribution in [0.4, 0.5) is 0 Å². The first-order valence-electron chi connectivity index (χ1n) is 6.39. The Bertz CT molecular complexity index is 233. The number of amides is 1. The molecular weight excluding hydrogens is 200 g/mol. The van der Waals surface area contributed by atoms with Gasteiger partial charge in [0.25, 0.3) is 0 Å². The molecule has 1 aliphatic rings. The summed E-state index contributed by atoms with van der Waals surface area (Å²) in [6, 6.07) is 0.314. The lowest BCUT2D eigenvalue weighted by Crippen LogP contribution is -2.35. The lowest BCUT2D eigenvalue weighted by atomic mass is 9.84. The summed E-state index contributed by atoms with van der Waals surface area (Å²) in [6.45, 7) is 7.14. The molecule has 3 heteroatoms. The van der Waals surface area contributed by atoms with Gasteiger partial charge in [-0.1, -0.05) is 27.2 Å². The highest BCUT2D eigenvalue weighted by molar-refractivity contribution is 5.76. The van der Waals surface area contributed by atoms with E-state index in [2.05, 4.69) is 26.1 Å². The van der Waals surface area contributed by atoms with Crippen LogP contribution in [0.25, 0.3) is 0 Å². The van der Waals surface area contributed by atoms with Crippen molar-refractivity contribution in [2.45, 2.75) is 58.9 Å². The van der Waals surface area contributed by atoms with E-state index >= 15 is 0 Å². The normalized spacial score (nSPS) is 26.5. The predicted octanol–water partition coefficient (Wildman–Crippen LogP) is 2.06. The third-order valence-corrected chi connectivity index (χ3v) is 3.11. The van der Waals surface area contributed by atoms with Gasteiger partial charge >= 0.3 is 0 Å². The Balaban J connectivity index is 2.23. The molecule has 2 atom stereocenters. The van der Waals surface area contributed by atoms with Crippen LogP contribution in [0.5, 0.6) is 0 Å². The van der Waals surface area contributed by atoms with E-state index < -0.39 is 0 Å². The molecule has 3 nitrogen and oxygen atoms in total. The van der Waals surface area contributed by atoms with Crippen LogP contribution < -0.4 is 11.1 Å². The van der Waals surface area contributed by atoms with Crippen molar-refractivity contribution in [1.82, 2.24) is 5.32 Å². The fourth-order valence-corrected chi connectivity index (χ4v) is 2.22. The number of nitrogens with two attached hydrogens (primary N) is 1. The number of nitrogens with one attached hydrogen (secondary N) is 1. The molecule has 0 heterocycles. The first-order chi connectivity index (χ1) is 7.37. The summed E-state index contributed by atoms with van der Waals surface area (Å²) in [5.74, 6) is 0.692. The first kappa shape index (κ1) is 13.5. The van der Waals surface area contributed by atoms with Crippen molar-refractivity contribution >= 4 is 5.91 Å². The Morgan fingerprint density at radius 2 is 2.06 bits per heavy atom. The lowest BCUT2D eigenvalue weighted by molar-refractivity contribution is -0.122. The van der Waals surface area contributed by atoms with E-state index in [4.69, 9.17) is 5.73 Å². The standard InChI is InChI=1S/C13H26N2O/c1-13(2,3)9-15-12(16)8-10-5-4-6-11(14)7-10/h10-11H,4-9,14H2,1-3H3,(H,15,16). The molecule has 1 aliphatic carbocycles. The van der Waals surface area contributed by atoms with Crippen molar-refractivity contribution in [3.8, 4) is 0 Å². The van der Waals surface area contributed by atoms with Gasteiger partial charge in [-0.05, 0) is 30.6 Å². The topological polar surface area (TPSA) is 55.1 Å². The number of hydrogen-bond donors (Lipinski definition) is 2. The van der Waals surface area contributed by atoms with Crippen molar-refractivity contribution in [2.24, 2.45) is 17.1 Å². The number of hydrogen-bond acceptors (Lipinski definition) is 2. The molecule has 3 N–H and O–H groups in total. The van der Waals surface area contributed by atoms with E-state index in [9.17, 15) is 4.79 Å². The maximum Gasteiger partial charge on any atom is 0.220 e. The zero-order chi connectivity index (χ0) is 12.2. The van der Waals surface area contributed by atoms with Crippen LogP contribution in [0.2, 0.25) is 0 Å². The molecule has 1 rings (SSSR count). The Labute approximate surface area is 99.2 Å². The summed E-state index contributed by atoms with van der Waals surface area (Å²) in [7, 11) is 0. The van der Waals surface area contributed by atoms with Crippen LogP contribution >= 0.6 is 0 Å². The third kappa shape index (κ3) is 5.50. The average Bonchev–Trinajstić information content (AvgIpc) is 2.14. The van der Waals surface area contributed by atoms with E-state index in [1.54, 1.807) is 0 Å². The molecule has 0 aromatic heterocycles. The molecule has 1 fully saturated rings. The molecule has 94 valence electrons. The quantitative estimate of drug-likeness (QED) is 0.774. The van der Waals surface area contributed by atoms with E-state index in [0.29, 0.717) is 18.4 Å². The molecule has 2 unspecified atom stereocenters. The smallest absolute Gasteiger partial charge is 0.220 e. The van der Waals surface area contributed by atoms with E-state index in [1.165, 1.54) is 6.42 Å². The van der Waals surface area contributed by atoms with Gasteiger partial charge in [0.1, 0.15) is 0 Å². The average molecular weight is 226 g/mol. The second-order valence-corrected chi connectivity index (χ2v) is 6.33. The highest BCUT2D eigenvalue weighted by Crippen LogP contribution is 2.25. The van der Waals surface area contributed by atoms with Gasteiger partial charge in [-0.2, -0.15) is 0 Å². The van der Waals surface area contributed by atoms with E-state index in [1.807, 2.05) is 0 Å². The Hall–Kier alpha value is -0.570. The number of carbonyl (C=O) groups excluding carboxylic acids is 1. The number of rotatable bonds is 3. The fourth-order valence-electron chi connectivity index (χ4n) is 2.22. The van der Waals surface area contributed by atoms with Crippen molar-refractivity contribution in [2.75, 3.05) is 6.54 Å². The molecule has 0 aromatic rings. The molecule has 0 aliphatic heterocycles. The first-order valence-corrected chi connectivity index (χ1v) is 6.39. The highest BCUT2D eigenvalue weighted by atomic mass is 16.1. The summed E-state index contributed by atoms with van der Waals surface area (Å²) in [5, 5.41) is 3.00. The molecule has 0 saturated heterocycles. The SMILES string of the molecule is CC(C)(C)CNC(=O)CC1CCCC(N)C1. The summed E-state index contributed by atoms with van der Waals surface area (Å²) in [5.41, 5.74) is 6.08. The molecule has 0 bridgehead atoms. The van der Waals surface area contributed by atoms with Crippen LogP contribution in [0, 0.1) is 11.3 Å². The molecule has 0 spiro atoms. The summed E-state index contributed by atoms with van der Waals surface area (Å²) in [4.78, 5) is 11.7. The summed E-state index contributed by atoms with van der Waals surface area (Å²) < 4.78 is 0. The Morgan fingerprint density at radius 3 is 2.62 bits per heavy atom. The third-order valence-electron chi connectivity index (χ3n) is 3.11. The van der Waals surface area contributed by atoms with Gasteiger partial charge in [0.05, 0.1) is 0 Å². The zero-order valence-corrected chi connectivity index (χ0v) is 10.9. The second kappa shape index (κ2) is 5.67. The van der Waals surface area contributed by atoms with E-state index in [0.717, 1.165) is 25.8 Å². The van der Waals surface area contributed by atoms with E-state index in [-0.39, 0.29) is 11.3 Å². The molecule has 16 heavy (non-hydrogen) atoms. The Kier molecular flexibility index (Phi) is 4.78. The highest BCUT2D eigenvalue weighted by Gasteiger charge is 2.22. The van der Waals surface area contributed by atoms with Gasteiger partial charge in [0.2, 0.25) is 5.91 Å². The Morgan fingerprint density at radius 1 is 1.38 bits per heavy atom. The van der Waals surface area contributed by atoms with Gasteiger partial charge in [-0.15, -0.1) is 0 Å². The molecule has 1 amide bonds. The minimum absolute atomic E-state index is 0.165. The van der Waals surface area contributed by atoms with Crippen LogP contribution in [0.15, 0.2) is 0 Å². The van der Waals surface area contributed by atoms with Crippen molar-refractivity contribution in [3.05, 3.63) is 0 Å². The second-order valence-electron chi connectivity index (χ2n) is 6.33. The molecule has 0 aromatic carbocycles. The van der Waals surface area contributed by atoms with Crippen LogP contribution in [0.3, 0.4) is 0 Å². The lowest BCUT2D eigenvalue weighted by Gasteiger charge is -2.26. The molecule has 1 saturated carbocycles. The minimum Gasteiger partial charge on any atom is -0.356 e. The van der Waals surface area contributed by atoms with Gasteiger partial charge in [0, 0.05) is 19.0 Å². The van der Waals surface area contributed by atoms with Gasteiger partial charge < -0.3 is 11.1 Å². The van der Waals surface area contributed by atoms with Crippen LogP contribution in [-0.2, 0) is 4.79 Å². The van der Waals surface area contributed by atoms with Crippen LogP contribution in [-0.4, -0.2) is 18.5 Å². The summed E-state index contributed by atoms with van der Waals surface area (Å²) >= 11 is 0. The monoisotopic (exact) mass is 226 g/mol. The van der Waals surface area contributed by atoms with Gasteiger partial charge in [-0.3, -0.25) is 4.79 Å². The molecule has 0 radical (unpaired) electrons. The van der Waals surface area contributed by atoms with Crippen molar-refractivity contribution in [1.29, 1.82) is 0 Å². The summed E-state index contributed by atoms with van der Waals surface area (Å²) in [6.07, 6.45) is 5.14. The van der Waals surface area contributed by atoms with Gasteiger partial charge in [-0.25, -0.2) is 0 Å². The zero-order valence-electron chi connectivity index (χ0n) is 10.9. The maximum absolute atomic E-state index is 11.7. The predicted molar refractivity (Wildman–Crippen MR) is 67.0 cm³/mol. The van der Waals surface area contributed by atoms with Crippen molar-refractivity contribution in [3.63, 3.8) is 0 Å². The van der Waals surface area contributed by atoms with Crippen LogP contribution in [0.1, 0.15) is 52.9 Å². The maximum atomic E-state index is 11.7. The molecular formula is C13H26N2O. The fraction of sp³-hybridized carbons (Fsp3) is 0.923. The van der Waals surface area contributed by atoms with Crippen molar-refractivity contribution < 1.29 is 4.79 Å². The minimum atomic E-state index is 0.165. The number of carbonyl (C=O) groups is 1. The van der Waals surface area contributed by atoms with Gasteiger partial charge in [0.15, 0.2) is 0 Å².